The minimum absolute atomic E-state index is 0.0322. The van der Waals surface area contributed by atoms with Crippen molar-refractivity contribution in [1.82, 2.24) is 0 Å². The molecule has 0 radical (unpaired) electrons. The highest BCUT2D eigenvalue weighted by molar-refractivity contribution is 6.07. The molecular formula is C12H15NO2. The summed E-state index contributed by atoms with van der Waals surface area (Å²) in [6.07, 6.45) is 0.479. The molecule has 80 valence electrons. The van der Waals surface area contributed by atoms with Crippen LogP contribution in [0.1, 0.15) is 18.9 Å². The molecule has 0 fully saturated rings. The normalized spacial score (nSPS) is 24.5. The largest absolute Gasteiger partial charge is 0.396 e. The molecule has 1 aliphatic rings. The van der Waals surface area contributed by atoms with Crippen molar-refractivity contribution in [3.05, 3.63) is 29.8 Å². The zero-order chi connectivity index (χ0) is 11.1. The first-order valence-corrected chi connectivity index (χ1v) is 5.10. The molecule has 0 bridgehead atoms. The van der Waals surface area contributed by atoms with Crippen molar-refractivity contribution < 1.29 is 9.90 Å². The van der Waals surface area contributed by atoms with Gasteiger partial charge >= 0.3 is 0 Å². The number of aliphatic hydroxyl groups excluding tert-OH is 1. The number of likely N-dealkylation sites (N-methyl/N-ethyl adjacent to an activating group) is 1. The highest BCUT2D eigenvalue weighted by Crippen LogP contribution is 2.42. The maximum Gasteiger partial charge on any atom is 0.237 e. The molecule has 1 atom stereocenters. The molecule has 2 rings (SSSR count). The monoisotopic (exact) mass is 205 g/mol. The van der Waals surface area contributed by atoms with E-state index >= 15 is 0 Å². The van der Waals surface area contributed by atoms with Crippen molar-refractivity contribution in [3.63, 3.8) is 0 Å². The highest BCUT2D eigenvalue weighted by atomic mass is 16.3. The van der Waals surface area contributed by atoms with Crippen LogP contribution in [0.2, 0.25) is 0 Å². The number of para-hydroxylation sites is 1. The Morgan fingerprint density at radius 2 is 2.07 bits per heavy atom. The van der Waals surface area contributed by atoms with Crippen molar-refractivity contribution in [3.8, 4) is 0 Å². The van der Waals surface area contributed by atoms with Gasteiger partial charge in [-0.15, -0.1) is 0 Å². The van der Waals surface area contributed by atoms with E-state index in [2.05, 4.69) is 0 Å². The Morgan fingerprint density at radius 3 is 2.73 bits per heavy atom. The van der Waals surface area contributed by atoms with E-state index in [-0.39, 0.29) is 12.5 Å². The second-order valence-corrected chi connectivity index (χ2v) is 4.19. The molecule has 0 aliphatic carbocycles. The fourth-order valence-electron chi connectivity index (χ4n) is 2.29. The van der Waals surface area contributed by atoms with E-state index in [0.29, 0.717) is 6.42 Å². The van der Waals surface area contributed by atoms with Gasteiger partial charge in [0.15, 0.2) is 0 Å². The van der Waals surface area contributed by atoms with Crippen LogP contribution in [0.3, 0.4) is 0 Å². The van der Waals surface area contributed by atoms with Gasteiger partial charge in [0.1, 0.15) is 0 Å². The van der Waals surface area contributed by atoms with Crippen LogP contribution in [-0.4, -0.2) is 24.7 Å². The fraction of sp³-hybridized carbons (Fsp3) is 0.417. The zero-order valence-corrected chi connectivity index (χ0v) is 9.03. The van der Waals surface area contributed by atoms with E-state index in [1.165, 1.54) is 0 Å². The number of carbonyl (C=O) groups is 1. The predicted octanol–water partition coefficient (Wildman–Crippen LogP) is 1.30. The molecule has 1 aromatic carbocycles. The lowest BCUT2D eigenvalue weighted by molar-refractivity contribution is -0.122. The summed E-state index contributed by atoms with van der Waals surface area (Å²) in [5.74, 6) is 0.0674. The molecule has 15 heavy (non-hydrogen) atoms. The Bertz CT molecular complexity index is 402. The number of nitrogens with zero attached hydrogens (tertiary/aromatic N) is 1. The average Bonchev–Trinajstić information content (AvgIpc) is 2.43. The van der Waals surface area contributed by atoms with Crippen LogP contribution in [0.5, 0.6) is 0 Å². The van der Waals surface area contributed by atoms with Gasteiger partial charge in [0.25, 0.3) is 0 Å². The molecule has 1 aromatic rings. The van der Waals surface area contributed by atoms with Crippen molar-refractivity contribution in [2.24, 2.45) is 0 Å². The molecule has 3 nitrogen and oxygen atoms in total. The molecule has 0 spiro atoms. The van der Waals surface area contributed by atoms with E-state index in [4.69, 9.17) is 5.11 Å². The second-order valence-electron chi connectivity index (χ2n) is 4.19. The topological polar surface area (TPSA) is 40.5 Å². The molecule has 1 aliphatic heterocycles. The van der Waals surface area contributed by atoms with Gasteiger partial charge in [0, 0.05) is 19.3 Å². The van der Waals surface area contributed by atoms with E-state index in [1.54, 1.807) is 11.9 Å². The van der Waals surface area contributed by atoms with E-state index in [0.717, 1.165) is 11.3 Å². The smallest absolute Gasteiger partial charge is 0.237 e. The first-order valence-electron chi connectivity index (χ1n) is 5.10. The number of anilines is 1. The fourth-order valence-corrected chi connectivity index (χ4v) is 2.29. The van der Waals surface area contributed by atoms with Crippen LogP contribution in [0.25, 0.3) is 0 Å². The molecule has 1 heterocycles. The summed E-state index contributed by atoms with van der Waals surface area (Å²) in [6, 6.07) is 7.76. The highest BCUT2D eigenvalue weighted by Gasteiger charge is 2.44. The van der Waals surface area contributed by atoms with Crippen molar-refractivity contribution in [2.45, 2.75) is 18.8 Å². The first-order chi connectivity index (χ1) is 7.11. The third-order valence-corrected chi connectivity index (χ3v) is 3.25. The minimum Gasteiger partial charge on any atom is -0.396 e. The quantitative estimate of drug-likeness (QED) is 0.790. The standard InChI is InChI=1S/C12H15NO2/c1-12(7-8-14)9-5-3-4-6-10(9)13(2)11(12)15/h3-6,14H,7-8H2,1-2H3. The molecule has 0 saturated heterocycles. The number of carbonyl (C=O) groups excluding carboxylic acids is 1. The maximum absolute atomic E-state index is 12.1. The summed E-state index contributed by atoms with van der Waals surface area (Å²) >= 11 is 0. The lowest BCUT2D eigenvalue weighted by Gasteiger charge is -2.21. The Morgan fingerprint density at radius 1 is 1.40 bits per heavy atom. The molecule has 1 amide bonds. The third kappa shape index (κ3) is 1.27. The number of benzene rings is 1. The Balaban J connectivity index is 2.55. The molecule has 0 aromatic heterocycles. The molecule has 0 saturated carbocycles. The van der Waals surface area contributed by atoms with Crippen LogP contribution >= 0.6 is 0 Å². The zero-order valence-electron chi connectivity index (χ0n) is 9.03. The van der Waals surface area contributed by atoms with Crippen LogP contribution < -0.4 is 4.90 Å². The van der Waals surface area contributed by atoms with Gasteiger partial charge in [-0.1, -0.05) is 18.2 Å². The Hall–Kier alpha value is -1.35. The lowest BCUT2D eigenvalue weighted by atomic mass is 9.81. The van der Waals surface area contributed by atoms with Crippen molar-refractivity contribution in [1.29, 1.82) is 0 Å². The SMILES string of the molecule is CN1C(=O)C(C)(CCO)c2ccccc21. The van der Waals surface area contributed by atoms with Crippen LogP contribution in [0.15, 0.2) is 24.3 Å². The van der Waals surface area contributed by atoms with Crippen LogP contribution in [-0.2, 0) is 10.2 Å². The molecule has 1 N–H and O–H groups in total. The van der Waals surface area contributed by atoms with Gasteiger partial charge in [0.05, 0.1) is 5.41 Å². The van der Waals surface area contributed by atoms with Gasteiger partial charge in [-0.2, -0.15) is 0 Å². The Labute approximate surface area is 89.3 Å². The molecule has 3 heteroatoms. The van der Waals surface area contributed by atoms with Crippen molar-refractivity contribution >= 4 is 11.6 Å². The molecular weight excluding hydrogens is 190 g/mol. The first kappa shape index (κ1) is 10.2. The summed E-state index contributed by atoms with van der Waals surface area (Å²) < 4.78 is 0. The number of hydrogen-bond donors (Lipinski definition) is 1. The number of amides is 1. The third-order valence-electron chi connectivity index (χ3n) is 3.25. The van der Waals surface area contributed by atoms with Gasteiger partial charge in [-0.3, -0.25) is 4.79 Å². The van der Waals surface area contributed by atoms with E-state index in [1.807, 2.05) is 31.2 Å². The van der Waals surface area contributed by atoms with Gasteiger partial charge < -0.3 is 10.0 Å². The summed E-state index contributed by atoms with van der Waals surface area (Å²) in [5, 5.41) is 9.05. The average molecular weight is 205 g/mol. The summed E-state index contributed by atoms with van der Waals surface area (Å²) in [7, 11) is 1.78. The summed E-state index contributed by atoms with van der Waals surface area (Å²) in [6.45, 7) is 1.93. The predicted molar refractivity (Wildman–Crippen MR) is 58.9 cm³/mol. The van der Waals surface area contributed by atoms with E-state index < -0.39 is 5.41 Å². The van der Waals surface area contributed by atoms with E-state index in [9.17, 15) is 4.79 Å². The minimum atomic E-state index is -0.555. The number of rotatable bonds is 2. The van der Waals surface area contributed by atoms with Gasteiger partial charge in [-0.05, 0) is 25.0 Å². The maximum atomic E-state index is 12.1. The summed E-state index contributed by atoms with van der Waals surface area (Å²) in [5.41, 5.74) is 1.42. The molecule has 1 unspecified atom stereocenters. The van der Waals surface area contributed by atoms with Gasteiger partial charge in [0.2, 0.25) is 5.91 Å². The second kappa shape index (κ2) is 3.35. The number of fused-ring (bicyclic) bond motifs is 1. The van der Waals surface area contributed by atoms with Crippen molar-refractivity contribution in [2.75, 3.05) is 18.6 Å². The lowest BCUT2D eigenvalue weighted by Crippen LogP contribution is -2.36. The number of aliphatic hydroxyl groups is 1. The summed E-state index contributed by atoms with van der Waals surface area (Å²) in [4.78, 5) is 13.8. The number of hydrogen-bond acceptors (Lipinski definition) is 2. The van der Waals surface area contributed by atoms with Crippen LogP contribution in [0.4, 0.5) is 5.69 Å². The van der Waals surface area contributed by atoms with Gasteiger partial charge in [-0.25, -0.2) is 0 Å². The Kier molecular flexibility index (Phi) is 2.27. The van der Waals surface area contributed by atoms with Crippen LogP contribution in [0, 0.1) is 0 Å².